The number of ketones is 1. The number of nitrogens with one attached hydrogen (secondary N) is 2. The summed E-state index contributed by atoms with van der Waals surface area (Å²) in [5, 5.41) is 0. The van der Waals surface area contributed by atoms with Gasteiger partial charge in [-0.1, -0.05) is 24.3 Å². The van der Waals surface area contributed by atoms with Crippen LogP contribution in [0, 0.1) is 0 Å². The van der Waals surface area contributed by atoms with Crippen LogP contribution < -0.4 is 0 Å². The van der Waals surface area contributed by atoms with Gasteiger partial charge in [0.25, 0.3) is 0 Å². The number of hydrogen-bond donors (Lipinski definition) is 2. The number of imidazole rings is 1. The van der Waals surface area contributed by atoms with Crippen molar-refractivity contribution in [3.63, 3.8) is 0 Å². The van der Waals surface area contributed by atoms with Crippen molar-refractivity contribution < 1.29 is 22.8 Å². The number of aromatic amines is 2. The van der Waals surface area contributed by atoms with Gasteiger partial charge < -0.3 is 14.9 Å². The lowest BCUT2D eigenvalue weighted by Crippen LogP contribution is -2.18. The monoisotopic (exact) mass is 452 g/mol. The largest absolute Gasteiger partial charge is 0.417 e. The van der Waals surface area contributed by atoms with Gasteiger partial charge in [-0.25, -0.2) is 4.98 Å². The van der Waals surface area contributed by atoms with Gasteiger partial charge >= 0.3 is 6.18 Å². The minimum Gasteiger partial charge on any atom is -0.358 e. The molecule has 5 rings (SSSR count). The Hall–Kier alpha value is -3.88. The number of benzene rings is 2. The number of fused-ring (bicyclic) bond motifs is 1. The molecular weight excluding hydrogens is 433 g/mol. The maximum absolute atomic E-state index is 13.3. The van der Waals surface area contributed by atoms with Crippen LogP contribution >= 0.6 is 0 Å². The van der Waals surface area contributed by atoms with Crippen LogP contribution in [0.3, 0.4) is 0 Å². The standard InChI is InChI=1S/C24H19F3N4O2/c1-31-12-15(10-21(31)32)13-6-7-18-19(8-13)30-23(29-18)20-9-14(11-28-20)22(33)16-4-2-3-5-17(16)24(25,26)27/h2-9,11,15,28H,10,12H2,1H3,(H,29,30)/t15-/m1/s1. The van der Waals surface area contributed by atoms with E-state index in [0.29, 0.717) is 30.0 Å². The highest BCUT2D eigenvalue weighted by Gasteiger charge is 2.35. The smallest absolute Gasteiger partial charge is 0.358 e. The molecule has 2 aromatic heterocycles. The minimum atomic E-state index is -4.62. The summed E-state index contributed by atoms with van der Waals surface area (Å²) in [4.78, 5) is 37.0. The number of carbonyl (C=O) groups excluding carboxylic acids is 2. The van der Waals surface area contributed by atoms with Gasteiger partial charge in [0.05, 0.1) is 22.3 Å². The van der Waals surface area contributed by atoms with Crippen molar-refractivity contribution in [1.82, 2.24) is 19.9 Å². The molecule has 0 bridgehead atoms. The van der Waals surface area contributed by atoms with E-state index >= 15 is 0 Å². The summed E-state index contributed by atoms with van der Waals surface area (Å²) in [5.74, 6) is -0.0353. The number of hydrogen-bond acceptors (Lipinski definition) is 3. The minimum absolute atomic E-state index is 0.107. The van der Waals surface area contributed by atoms with E-state index in [1.165, 1.54) is 30.5 Å². The number of carbonyl (C=O) groups is 2. The predicted octanol–water partition coefficient (Wildman–Crippen LogP) is 4.75. The van der Waals surface area contributed by atoms with Gasteiger partial charge in [0, 0.05) is 43.3 Å². The van der Waals surface area contributed by atoms with Gasteiger partial charge in [-0.15, -0.1) is 0 Å². The molecule has 1 atom stereocenters. The van der Waals surface area contributed by atoms with E-state index in [2.05, 4.69) is 15.0 Å². The third-order valence-corrected chi connectivity index (χ3v) is 6.00. The molecule has 0 spiro atoms. The lowest BCUT2D eigenvalue weighted by molar-refractivity contribution is -0.137. The molecule has 1 amide bonds. The molecule has 2 aromatic carbocycles. The molecule has 0 unspecified atom stereocenters. The molecule has 168 valence electrons. The number of likely N-dealkylation sites (N-methyl/N-ethyl adjacent to an activating group) is 1. The van der Waals surface area contributed by atoms with Gasteiger partial charge in [0.2, 0.25) is 5.91 Å². The van der Waals surface area contributed by atoms with Crippen molar-refractivity contribution >= 4 is 22.7 Å². The molecule has 0 aliphatic carbocycles. The number of rotatable bonds is 4. The highest BCUT2D eigenvalue weighted by Crippen LogP contribution is 2.34. The van der Waals surface area contributed by atoms with Gasteiger partial charge in [0.1, 0.15) is 0 Å². The SMILES string of the molecule is CN1C[C@H](c2ccc3nc(-c4cc(C(=O)c5ccccc5C(F)(F)F)c[nH]4)[nH]c3c2)CC1=O. The fraction of sp³-hybridized carbons (Fsp3) is 0.208. The van der Waals surface area contributed by atoms with Crippen LogP contribution in [0.4, 0.5) is 13.2 Å². The summed E-state index contributed by atoms with van der Waals surface area (Å²) in [7, 11) is 1.78. The number of nitrogens with zero attached hydrogens (tertiary/aromatic N) is 2. The van der Waals surface area contributed by atoms with Crippen molar-refractivity contribution in [2.24, 2.45) is 0 Å². The first-order valence-electron chi connectivity index (χ1n) is 10.3. The lowest BCUT2D eigenvalue weighted by atomic mass is 9.98. The van der Waals surface area contributed by atoms with E-state index in [4.69, 9.17) is 0 Å². The molecule has 0 saturated carbocycles. The number of likely N-dealkylation sites (tertiary alicyclic amines) is 1. The van der Waals surface area contributed by atoms with Crippen molar-refractivity contribution in [3.05, 3.63) is 77.0 Å². The average Bonchev–Trinajstić information content (AvgIpc) is 3.50. The Labute approximate surface area is 186 Å². The Morgan fingerprint density at radius 1 is 1.15 bits per heavy atom. The summed E-state index contributed by atoms with van der Waals surface area (Å²) in [6.45, 7) is 0.660. The quantitative estimate of drug-likeness (QED) is 0.439. The van der Waals surface area contributed by atoms with Gasteiger partial charge in [-0.05, 0) is 29.8 Å². The van der Waals surface area contributed by atoms with Crippen molar-refractivity contribution in [3.8, 4) is 11.5 Å². The molecule has 4 aromatic rings. The maximum atomic E-state index is 13.3. The van der Waals surface area contributed by atoms with E-state index in [1.54, 1.807) is 11.9 Å². The third-order valence-electron chi connectivity index (χ3n) is 6.00. The molecule has 1 fully saturated rings. The van der Waals surface area contributed by atoms with E-state index in [0.717, 1.165) is 17.1 Å². The van der Waals surface area contributed by atoms with Crippen LogP contribution in [0.5, 0.6) is 0 Å². The maximum Gasteiger partial charge on any atom is 0.417 e. The number of halogens is 3. The van der Waals surface area contributed by atoms with Crippen molar-refractivity contribution in [2.45, 2.75) is 18.5 Å². The highest BCUT2D eigenvalue weighted by molar-refractivity contribution is 6.10. The lowest BCUT2D eigenvalue weighted by Gasteiger charge is -2.10. The van der Waals surface area contributed by atoms with Gasteiger partial charge in [-0.3, -0.25) is 9.59 Å². The Kier molecular flexibility index (Phi) is 4.84. The van der Waals surface area contributed by atoms with Crippen LogP contribution in [0.25, 0.3) is 22.6 Å². The second kappa shape index (κ2) is 7.61. The summed E-state index contributed by atoms with van der Waals surface area (Å²) in [6, 6.07) is 12.0. The molecule has 9 heteroatoms. The predicted molar refractivity (Wildman–Crippen MR) is 116 cm³/mol. The second-order valence-electron chi connectivity index (χ2n) is 8.21. The summed E-state index contributed by atoms with van der Waals surface area (Å²) < 4.78 is 39.9. The molecule has 6 nitrogen and oxygen atoms in total. The highest BCUT2D eigenvalue weighted by atomic mass is 19.4. The van der Waals surface area contributed by atoms with Crippen molar-refractivity contribution in [1.29, 1.82) is 0 Å². The van der Waals surface area contributed by atoms with Crippen LogP contribution in [-0.2, 0) is 11.0 Å². The van der Waals surface area contributed by atoms with E-state index in [-0.39, 0.29) is 17.4 Å². The molecule has 1 aliphatic heterocycles. The van der Waals surface area contributed by atoms with E-state index in [1.807, 2.05) is 18.2 Å². The summed E-state index contributed by atoms with van der Waals surface area (Å²) in [6.07, 6.45) is -2.78. The number of aromatic nitrogens is 3. The molecule has 0 radical (unpaired) electrons. The van der Waals surface area contributed by atoms with E-state index in [9.17, 15) is 22.8 Å². The Morgan fingerprint density at radius 3 is 2.67 bits per heavy atom. The first-order chi connectivity index (χ1) is 15.7. The number of alkyl halides is 3. The normalized spacial score (nSPS) is 16.7. The van der Waals surface area contributed by atoms with Crippen LogP contribution in [-0.4, -0.2) is 45.1 Å². The fourth-order valence-corrected chi connectivity index (χ4v) is 4.24. The van der Waals surface area contributed by atoms with Crippen LogP contribution in [0.2, 0.25) is 0 Å². The van der Waals surface area contributed by atoms with Crippen molar-refractivity contribution in [2.75, 3.05) is 13.6 Å². The van der Waals surface area contributed by atoms with Crippen LogP contribution in [0.15, 0.2) is 54.7 Å². The first-order valence-corrected chi connectivity index (χ1v) is 10.3. The molecule has 1 aliphatic rings. The topological polar surface area (TPSA) is 81.8 Å². The third kappa shape index (κ3) is 3.79. The van der Waals surface area contributed by atoms with Crippen LogP contribution in [0.1, 0.15) is 39.4 Å². The average molecular weight is 452 g/mol. The van der Waals surface area contributed by atoms with Gasteiger partial charge in [0.15, 0.2) is 11.6 Å². The first kappa shape index (κ1) is 21.0. The zero-order valence-electron chi connectivity index (χ0n) is 17.5. The molecular formula is C24H19F3N4O2. The Bertz CT molecular complexity index is 1390. The molecule has 33 heavy (non-hydrogen) atoms. The Morgan fingerprint density at radius 2 is 1.94 bits per heavy atom. The number of H-pyrrole nitrogens is 2. The van der Waals surface area contributed by atoms with E-state index < -0.39 is 23.1 Å². The zero-order chi connectivity index (χ0) is 23.3. The fourth-order valence-electron chi connectivity index (χ4n) is 4.24. The number of amides is 1. The molecule has 3 heterocycles. The molecule has 1 saturated heterocycles. The molecule has 2 N–H and O–H groups in total. The zero-order valence-corrected chi connectivity index (χ0v) is 17.5. The summed E-state index contributed by atoms with van der Waals surface area (Å²) >= 11 is 0. The second-order valence-corrected chi connectivity index (χ2v) is 8.21. The van der Waals surface area contributed by atoms with Gasteiger partial charge in [-0.2, -0.15) is 13.2 Å². The summed E-state index contributed by atoms with van der Waals surface area (Å²) in [5.41, 5.74) is 1.73. The Balaban J connectivity index is 1.44.